The van der Waals surface area contributed by atoms with Crippen molar-refractivity contribution in [2.45, 2.75) is 60.3 Å². The third-order valence-electron chi connectivity index (χ3n) is 7.56. The predicted molar refractivity (Wildman–Crippen MR) is 70.6 cm³/mol. The van der Waals surface area contributed by atoms with E-state index in [0.29, 0.717) is 22.9 Å². The van der Waals surface area contributed by atoms with E-state index in [4.69, 9.17) is 0 Å². The summed E-state index contributed by atoms with van der Waals surface area (Å²) in [5, 5.41) is 9.40. The first-order valence-corrected chi connectivity index (χ1v) is 7.29. The number of fused-ring (bicyclic) bond motifs is 1. The molecule has 0 aromatic rings. The van der Waals surface area contributed by atoms with Gasteiger partial charge in [-0.15, -0.1) is 0 Å². The van der Waals surface area contributed by atoms with Gasteiger partial charge in [-0.1, -0.05) is 34.6 Å². The van der Waals surface area contributed by atoms with Gasteiger partial charge >= 0.3 is 0 Å². The van der Waals surface area contributed by atoms with Crippen molar-refractivity contribution in [1.29, 1.82) is 0 Å². The summed E-state index contributed by atoms with van der Waals surface area (Å²) >= 11 is 0. The number of aliphatic hydroxyl groups excluding tert-OH is 1. The van der Waals surface area contributed by atoms with Crippen LogP contribution in [-0.4, -0.2) is 11.7 Å². The molecule has 0 spiro atoms. The summed E-state index contributed by atoms with van der Waals surface area (Å²) in [7, 11) is 0. The Hall–Kier alpha value is -0.0400. The summed E-state index contributed by atoms with van der Waals surface area (Å²) in [5.41, 5.74) is 1.99. The molecule has 0 aromatic heterocycles. The first kappa shape index (κ1) is 12.0. The van der Waals surface area contributed by atoms with E-state index in [1.54, 1.807) is 0 Å². The normalized spacial score (nSPS) is 58.9. The molecular formula is C16H28O. The van der Waals surface area contributed by atoms with Gasteiger partial charge in [0.15, 0.2) is 0 Å². The summed E-state index contributed by atoms with van der Waals surface area (Å²) in [6, 6.07) is 0. The number of hydrogen-bond donors (Lipinski definition) is 1. The van der Waals surface area contributed by atoms with Crippen molar-refractivity contribution < 1.29 is 5.11 Å². The van der Waals surface area contributed by atoms with Crippen molar-refractivity contribution >= 4 is 0 Å². The fourth-order valence-electron chi connectivity index (χ4n) is 5.08. The number of aliphatic hydroxyl groups is 1. The van der Waals surface area contributed by atoms with Gasteiger partial charge in [-0.05, 0) is 59.2 Å². The minimum Gasteiger partial charge on any atom is -0.396 e. The quantitative estimate of drug-likeness (QED) is 0.789. The van der Waals surface area contributed by atoms with E-state index in [9.17, 15) is 5.11 Å². The van der Waals surface area contributed by atoms with Gasteiger partial charge < -0.3 is 5.11 Å². The van der Waals surface area contributed by atoms with Gasteiger partial charge in [-0.3, -0.25) is 0 Å². The highest BCUT2D eigenvalue weighted by atomic mass is 16.3. The average Bonchev–Trinajstić information content (AvgIpc) is 3.01. The summed E-state index contributed by atoms with van der Waals surface area (Å²) in [6.07, 6.45) is 5.47. The second-order valence-electron chi connectivity index (χ2n) is 8.64. The minimum absolute atomic E-state index is 0.269. The van der Waals surface area contributed by atoms with Crippen LogP contribution in [0.15, 0.2) is 0 Å². The van der Waals surface area contributed by atoms with Crippen LogP contribution in [0.2, 0.25) is 0 Å². The molecule has 3 saturated carbocycles. The molecule has 3 aliphatic rings. The summed E-state index contributed by atoms with van der Waals surface area (Å²) in [5.74, 6) is 1.67. The van der Waals surface area contributed by atoms with Crippen molar-refractivity contribution in [2.24, 2.45) is 33.5 Å². The molecule has 0 saturated heterocycles. The molecule has 0 radical (unpaired) electrons. The van der Waals surface area contributed by atoms with Crippen LogP contribution in [0.3, 0.4) is 0 Å². The lowest BCUT2D eigenvalue weighted by molar-refractivity contribution is 0.125. The first-order valence-electron chi connectivity index (χ1n) is 7.29. The van der Waals surface area contributed by atoms with Crippen LogP contribution in [0, 0.1) is 33.5 Å². The smallest absolute Gasteiger partial charge is 0.0487 e. The first-order chi connectivity index (χ1) is 7.69. The molecule has 1 N–H and O–H groups in total. The highest BCUT2D eigenvalue weighted by Crippen LogP contribution is 2.82. The molecule has 17 heavy (non-hydrogen) atoms. The molecule has 3 aliphatic carbocycles. The van der Waals surface area contributed by atoms with Crippen LogP contribution in [0.1, 0.15) is 60.3 Å². The Balaban J connectivity index is 1.71. The Morgan fingerprint density at radius 2 is 1.65 bits per heavy atom. The van der Waals surface area contributed by atoms with Crippen LogP contribution in [0.5, 0.6) is 0 Å². The van der Waals surface area contributed by atoms with Gasteiger partial charge in [0.25, 0.3) is 0 Å². The molecule has 0 amide bonds. The summed E-state index contributed by atoms with van der Waals surface area (Å²) in [4.78, 5) is 0. The lowest BCUT2D eigenvalue weighted by Gasteiger charge is -2.36. The standard InChI is InChI=1S/C16H28O/c1-13(2)11(6-12-7-14(12,3)10-17)8-15(4)9-16(13,15)5/h11-12,17H,6-10H2,1-5H3/t11?,12-,14+,15?,16?/m1/s1. The monoisotopic (exact) mass is 236 g/mol. The van der Waals surface area contributed by atoms with Crippen LogP contribution in [0.4, 0.5) is 0 Å². The average molecular weight is 236 g/mol. The molecule has 0 aromatic carbocycles. The van der Waals surface area contributed by atoms with Crippen molar-refractivity contribution in [3.05, 3.63) is 0 Å². The SMILES string of the molecule is CC12CC(C[C@@H]3C[C@@]3(C)CO)C(C)(C)C1(C)C2. The molecule has 1 nitrogen and oxygen atoms in total. The second kappa shape index (κ2) is 2.92. The summed E-state index contributed by atoms with van der Waals surface area (Å²) in [6.45, 7) is 12.6. The maximum Gasteiger partial charge on any atom is 0.0487 e. The zero-order valence-corrected chi connectivity index (χ0v) is 12.1. The molecule has 3 unspecified atom stereocenters. The molecule has 0 heterocycles. The molecule has 3 rings (SSSR count). The number of hydrogen-bond acceptors (Lipinski definition) is 1. The van der Waals surface area contributed by atoms with Gasteiger partial charge in [0.1, 0.15) is 0 Å². The molecule has 1 heteroatoms. The second-order valence-corrected chi connectivity index (χ2v) is 8.64. The predicted octanol–water partition coefficient (Wildman–Crippen LogP) is 3.86. The van der Waals surface area contributed by atoms with E-state index in [1.165, 1.54) is 25.7 Å². The van der Waals surface area contributed by atoms with E-state index in [1.807, 2.05) is 0 Å². The van der Waals surface area contributed by atoms with Gasteiger partial charge in [-0.25, -0.2) is 0 Å². The Kier molecular flexibility index (Phi) is 2.07. The van der Waals surface area contributed by atoms with Crippen molar-refractivity contribution in [3.63, 3.8) is 0 Å². The molecule has 3 fully saturated rings. The van der Waals surface area contributed by atoms with Crippen LogP contribution in [0.25, 0.3) is 0 Å². The number of rotatable bonds is 3. The van der Waals surface area contributed by atoms with Gasteiger partial charge in [0.05, 0.1) is 0 Å². The van der Waals surface area contributed by atoms with Crippen molar-refractivity contribution in [2.75, 3.05) is 6.61 Å². The molecule has 0 bridgehead atoms. The van der Waals surface area contributed by atoms with Gasteiger partial charge in [0, 0.05) is 6.61 Å². The third kappa shape index (κ3) is 1.30. The van der Waals surface area contributed by atoms with E-state index in [0.717, 1.165) is 11.8 Å². The lowest BCUT2D eigenvalue weighted by Crippen LogP contribution is -2.28. The maximum absolute atomic E-state index is 9.40. The van der Waals surface area contributed by atoms with Gasteiger partial charge in [-0.2, -0.15) is 0 Å². The third-order valence-corrected chi connectivity index (χ3v) is 7.56. The van der Waals surface area contributed by atoms with Gasteiger partial charge in [0.2, 0.25) is 0 Å². The van der Waals surface area contributed by atoms with Crippen molar-refractivity contribution in [3.8, 4) is 0 Å². The maximum atomic E-state index is 9.40. The molecule has 98 valence electrons. The van der Waals surface area contributed by atoms with E-state index < -0.39 is 0 Å². The zero-order chi connectivity index (χ0) is 12.7. The van der Waals surface area contributed by atoms with E-state index in [2.05, 4.69) is 34.6 Å². The largest absolute Gasteiger partial charge is 0.396 e. The Bertz CT molecular complexity index is 361. The van der Waals surface area contributed by atoms with E-state index >= 15 is 0 Å². The minimum atomic E-state index is 0.269. The fourth-order valence-corrected chi connectivity index (χ4v) is 5.08. The fraction of sp³-hybridized carbons (Fsp3) is 1.00. The van der Waals surface area contributed by atoms with Crippen LogP contribution >= 0.6 is 0 Å². The zero-order valence-electron chi connectivity index (χ0n) is 12.1. The summed E-state index contributed by atoms with van der Waals surface area (Å²) < 4.78 is 0. The van der Waals surface area contributed by atoms with Crippen LogP contribution < -0.4 is 0 Å². The Labute approximate surface area is 106 Å². The highest BCUT2D eigenvalue weighted by molar-refractivity contribution is 5.23. The molecule has 5 atom stereocenters. The topological polar surface area (TPSA) is 20.2 Å². The Morgan fingerprint density at radius 3 is 2.06 bits per heavy atom. The molecule has 0 aliphatic heterocycles. The van der Waals surface area contributed by atoms with E-state index in [-0.39, 0.29) is 5.41 Å². The lowest BCUT2D eigenvalue weighted by atomic mass is 9.69. The Morgan fingerprint density at radius 1 is 1.00 bits per heavy atom. The van der Waals surface area contributed by atoms with Crippen LogP contribution in [-0.2, 0) is 0 Å². The molecular weight excluding hydrogens is 208 g/mol. The van der Waals surface area contributed by atoms with Crippen molar-refractivity contribution in [1.82, 2.24) is 0 Å². The highest BCUT2D eigenvalue weighted by Gasteiger charge is 2.74.